The molecule has 8 heteroatoms. The number of alkyl halides is 3. The summed E-state index contributed by atoms with van der Waals surface area (Å²) in [4.78, 5) is 3.69. The van der Waals surface area contributed by atoms with Crippen LogP contribution in [0.4, 0.5) is 17.6 Å². The van der Waals surface area contributed by atoms with Gasteiger partial charge in [-0.3, -0.25) is 0 Å². The molecule has 0 spiro atoms. The quantitative estimate of drug-likeness (QED) is 0.849. The van der Waals surface area contributed by atoms with Gasteiger partial charge >= 0.3 is 6.18 Å². The largest absolute Gasteiger partial charge is 0.434 e. The van der Waals surface area contributed by atoms with E-state index in [2.05, 4.69) is 10.3 Å². The first-order valence-corrected chi connectivity index (χ1v) is 6.69. The molecule has 1 heterocycles. The van der Waals surface area contributed by atoms with Crippen LogP contribution in [-0.4, -0.2) is 12.0 Å². The summed E-state index contributed by atoms with van der Waals surface area (Å²) in [5.74, 6) is -0.626. The Morgan fingerprint density at radius 2 is 2.05 bits per heavy atom. The van der Waals surface area contributed by atoms with E-state index in [1.165, 1.54) is 12.1 Å². The predicted octanol–water partition coefficient (Wildman–Crippen LogP) is 4.34. The topological polar surface area (TPSA) is 24.9 Å². The van der Waals surface area contributed by atoms with Crippen LogP contribution in [0, 0.1) is 5.82 Å². The molecule has 2 aromatic rings. The molecule has 0 aliphatic heterocycles. The van der Waals surface area contributed by atoms with Crippen molar-refractivity contribution in [3.63, 3.8) is 0 Å². The summed E-state index contributed by atoms with van der Waals surface area (Å²) in [7, 11) is 1.55. The van der Waals surface area contributed by atoms with Gasteiger partial charge in [-0.1, -0.05) is 11.6 Å². The molecular formula is C12H9ClF4N2S. The molecule has 0 atom stereocenters. The van der Waals surface area contributed by atoms with E-state index in [4.69, 9.17) is 11.6 Å². The minimum absolute atomic E-state index is 0.0570. The lowest BCUT2D eigenvalue weighted by Gasteiger charge is -2.04. The standard InChI is InChI=1S/C12H9ClF4N2S/c1-18-5-9-10(12(15,16)17)19-11(20-9)6-2-3-8(14)7(13)4-6/h2-4,18H,5H2,1H3. The predicted molar refractivity (Wildman–Crippen MR) is 70.3 cm³/mol. The molecule has 1 N–H and O–H groups in total. The van der Waals surface area contributed by atoms with Crippen LogP contribution in [0.2, 0.25) is 5.02 Å². The molecule has 0 radical (unpaired) electrons. The summed E-state index contributed by atoms with van der Waals surface area (Å²) >= 11 is 6.53. The third-order valence-electron chi connectivity index (χ3n) is 2.47. The summed E-state index contributed by atoms with van der Waals surface area (Å²) in [5.41, 5.74) is -0.568. The van der Waals surface area contributed by atoms with Crippen LogP contribution in [0.15, 0.2) is 18.2 Å². The van der Waals surface area contributed by atoms with E-state index in [0.29, 0.717) is 5.56 Å². The smallest absolute Gasteiger partial charge is 0.315 e. The molecule has 2 nitrogen and oxygen atoms in total. The first kappa shape index (κ1) is 15.2. The van der Waals surface area contributed by atoms with Gasteiger partial charge in [0.25, 0.3) is 0 Å². The van der Waals surface area contributed by atoms with Gasteiger partial charge in [0.15, 0.2) is 5.69 Å². The number of nitrogens with one attached hydrogen (secondary N) is 1. The lowest BCUT2D eigenvalue weighted by Crippen LogP contribution is -2.12. The maximum atomic E-state index is 13.1. The van der Waals surface area contributed by atoms with Gasteiger partial charge in [0, 0.05) is 12.1 Å². The highest BCUT2D eigenvalue weighted by molar-refractivity contribution is 7.15. The second-order valence-electron chi connectivity index (χ2n) is 3.95. The third-order valence-corrected chi connectivity index (χ3v) is 3.86. The lowest BCUT2D eigenvalue weighted by molar-refractivity contribution is -0.141. The first-order valence-electron chi connectivity index (χ1n) is 5.50. The molecule has 1 aromatic carbocycles. The van der Waals surface area contributed by atoms with Gasteiger partial charge in [-0.15, -0.1) is 11.3 Å². The van der Waals surface area contributed by atoms with Crippen molar-refractivity contribution in [1.29, 1.82) is 0 Å². The molecule has 0 aliphatic carbocycles. The van der Waals surface area contributed by atoms with Gasteiger partial charge in [0.1, 0.15) is 10.8 Å². The number of hydrogen-bond donors (Lipinski definition) is 1. The molecule has 0 amide bonds. The Bertz CT molecular complexity index is 624. The van der Waals surface area contributed by atoms with E-state index in [-0.39, 0.29) is 21.5 Å². The van der Waals surface area contributed by atoms with Crippen LogP contribution in [-0.2, 0) is 12.7 Å². The molecule has 108 valence electrons. The molecule has 1 aromatic heterocycles. The minimum Gasteiger partial charge on any atom is -0.315 e. The fourth-order valence-electron chi connectivity index (χ4n) is 1.61. The average Bonchev–Trinajstić information content (AvgIpc) is 2.77. The highest BCUT2D eigenvalue weighted by Crippen LogP contribution is 2.38. The molecule has 0 fully saturated rings. The van der Waals surface area contributed by atoms with E-state index < -0.39 is 17.7 Å². The van der Waals surface area contributed by atoms with Crippen LogP contribution >= 0.6 is 22.9 Å². The van der Waals surface area contributed by atoms with E-state index in [0.717, 1.165) is 17.4 Å². The number of hydrogen-bond acceptors (Lipinski definition) is 3. The normalized spacial score (nSPS) is 11.9. The SMILES string of the molecule is CNCc1sc(-c2ccc(F)c(Cl)c2)nc1C(F)(F)F. The fourth-order valence-corrected chi connectivity index (χ4v) is 2.88. The average molecular weight is 325 g/mol. The Labute approximate surface area is 121 Å². The zero-order chi connectivity index (χ0) is 14.9. The number of thiazole rings is 1. The van der Waals surface area contributed by atoms with Gasteiger partial charge in [0.2, 0.25) is 0 Å². The monoisotopic (exact) mass is 324 g/mol. The van der Waals surface area contributed by atoms with Gasteiger partial charge in [-0.05, 0) is 25.2 Å². The van der Waals surface area contributed by atoms with Crippen molar-refractivity contribution >= 4 is 22.9 Å². The summed E-state index contributed by atoms with van der Waals surface area (Å²) in [6.45, 7) is 0.0570. The fraction of sp³-hybridized carbons (Fsp3) is 0.250. The summed E-state index contributed by atoms with van der Waals surface area (Å²) in [6.07, 6.45) is -4.52. The number of rotatable bonds is 3. The van der Waals surface area contributed by atoms with Crippen LogP contribution < -0.4 is 5.32 Å². The Morgan fingerprint density at radius 1 is 1.35 bits per heavy atom. The Balaban J connectivity index is 2.49. The first-order chi connectivity index (χ1) is 9.32. The Hall–Kier alpha value is -1.18. The number of aromatic nitrogens is 1. The molecule has 20 heavy (non-hydrogen) atoms. The van der Waals surface area contributed by atoms with Crippen molar-refractivity contribution in [1.82, 2.24) is 10.3 Å². The molecule has 0 aliphatic rings. The van der Waals surface area contributed by atoms with Crippen LogP contribution in [0.5, 0.6) is 0 Å². The minimum atomic E-state index is -4.52. The van der Waals surface area contributed by atoms with Gasteiger partial charge in [-0.2, -0.15) is 13.2 Å². The number of nitrogens with zero attached hydrogens (tertiary/aromatic N) is 1. The molecule has 0 unspecified atom stereocenters. The molecular weight excluding hydrogens is 316 g/mol. The Morgan fingerprint density at radius 3 is 2.60 bits per heavy atom. The second kappa shape index (κ2) is 5.67. The lowest BCUT2D eigenvalue weighted by atomic mass is 10.2. The van der Waals surface area contributed by atoms with Crippen molar-refractivity contribution in [2.24, 2.45) is 0 Å². The van der Waals surface area contributed by atoms with Crippen molar-refractivity contribution in [2.75, 3.05) is 7.05 Å². The van der Waals surface area contributed by atoms with Gasteiger partial charge in [-0.25, -0.2) is 9.37 Å². The molecule has 0 saturated heterocycles. The van der Waals surface area contributed by atoms with Crippen LogP contribution in [0.1, 0.15) is 10.6 Å². The van der Waals surface area contributed by atoms with Crippen molar-refractivity contribution in [3.05, 3.63) is 39.6 Å². The zero-order valence-corrected chi connectivity index (χ0v) is 11.8. The Kier molecular flexibility index (Phi) is 4.31. The highest BCUT2D eigenvalue weighted by Gasteiger charge is 2.37. The summed E-state index contributed by atoms with van der Waals surface area (Å²) in [6, 6.07) is 3.71. The molecule has 0 bridgehead atoms. The van der Waals surface area contributed by atoms with Crippen molar-refractivity contribution in [2.45, 2.75) is 12.7 Å². The van der Waals surface area contributed by atoms with E-state index in [1.807, 2.05) is 0 Å². The van der Waals surface area contributed by atoms with E-state index >= 15 is 0 Å². The number of halogens is 5. The summed E-state index contributed by atoms with van der Waals surface area (Å²) in [5, 5.41) is 2.67. The van der Waals surface area contributed by atoms with E-state index in [9.17, 15) is 17.6 Å². The molecule has 0 saturated carbocycles. The highest BCUT2D eigenvalue weighted by atomic mass is 35.5. The summed E-state index contributed by atoms with van der Waals surface area (Å²) < 4.78 is 51.7. The maximum absolute atomic E-state index is 13.1. The molecule has 2 rings (SSSR count). The number of benzene rings is 1. The zero-order valence-electron chi connectivity index (χ0n) is 10.2. The van der Waals surface area contributed by atoms with Gasteiger partial charge in [0.05, 0.1) is 9.90 Å². The van der Waals surface area contributed by atoms with Crippen LogP contribution in [0.3, 0.4) is 0 Å². The second-order valence-corrected chi connectivity index (χ2v) is 5.44. The third kappa shape index (κ3) is 3.11. The van der Waals surface area contributed by atoms with Gasteiger partial charge < -0.3 is 5.32 Å². The van der Waals surface area contributed by atoms with Crippen molar-refractivity contribution in [3.8, 4) is 10.6 Å². The van der Waals surface area contributed by atoms with Crippen molar-refractivity contribution < 1.29 is 17.6 Å². The van der Waals surface area contributed by atoms with E-state index in [1.54, 1.807) is 7.05 Å². The maximum Gasteiger partial charge on any atom is 0.434 e. The van der Waals surface area contributed by atoms with Crippen LogP contribution in [0.25, 0.3) is 10.6 Å².